The first-order valence-corrected chi connectivity index (χ1v) is 16.8. The fourth-order valence-corrected chi connectivity index (χ4v) is 6.16. The van der Waals surface area contributed by atoms with Crippen LogP contribution in [0.5, 0.6) is 5.75 Å². The van der Waals surface area contributed by atoms with Crippen molar-refractivity contribution in [3.05, 3.63) is 99.7 Å². The molecule has 0 radical (unpaired) electrons. The molecule has 1 aliphatic rings. The van der Waals surface area contributed by atoms with Crippen LogP contribution in [0.15, 0.2) is 70.5 Å². The number of ether oxygens (including phenoxy) is 1. The molecule has 3 atom stereocenters. The van der Waals surface area contributed by atoms with E-state index >= 15 is 0 Å². The second-order valence-corrected chi connectivity index (χ2v) is 12.9. The Morgan fingerprint density at radius 2 is 1.71 bits per heavy atom. The first kappa shape index (κ1) is 34.3. The fraction of sp³-hybridized carbons (Fsp3) is 0.371. The minimum atomic E-state index is -0.672. The predicted molar refractivity (Wildman–Crippen MR) is 179 cm³/mol. The second kappa shape index (κ2) is 15.7. The van der Waals surface area contributed by atoms with E-state index in [0.29, 0.717) is 22.9 Å². The summed E-state index contributed by atoms with van der Waals surface area (Å²) in [7, 11) is 0. The summed E-state index contributed by atoms with van der Waals surface area (Å²) >= 11 is 1.25. The maximum Gasteiger partial charge on any atom is 0.274 e. The SMILES string of the molecule is Cc1oc2nc1C(=O)N[C@H](C)c1nc(cs1)C(=O)N[C@H](Cc1ccccc1)CN(C(=O)CCOc1ccccc1)CC(=O)N[C@H]2C(C)C. The molecule has 1 aliphatic heterocycles. The maximum absolute atomic E-state index is 13.7. The summed E-state index contributed by atoms with van der Waals surface area (Å²) in [5, 5.41) is 11.1. The number of hydrogen-bond donors (Lipinski definition) is 3. The number of para-hydroxylation sites is 1. The van der Waals surface area contributed by atoms with Gasteiger partial charge in [0.15, 0.2) is 5.69 Å². The van der Waals surface area contributed by atoms with Gasteiger partial charge in [-0.15, -0.1) is 11.3 Å². The minimum absolute atomic E-state index is 0.00648. The fourth-order valence-electron chi connectivity index (χ4n) is 5.35. The number of thiazole rings is 1. The standard InChI is InChI=1S/C35H40N6O6S/c1-21(2)30-34-40-31(23(4)47-34)33(45)36-22(3)35-38-27(20-48-35)32(44)37-25(17-24-11-7-5-8-12-24)18-41(19-28(42)39-30)29(43)15-16-46-26-13-9-6-10-14-26/h5-14,20-22,25,30H,15-19H2,1-4H3,(H,36,45)(H,37,44)(H,39,42)/t22-,25-,30+/m1/s1. The summed E-state index contributed by atoms with van der Waals surface area (Å²) in [4.78, 5) is 64.6. The molecule has 12 nitrogen and oxygen atoms in total. The molecule has 2 aromatic carbocycles. The third-order valence-corrected chi connectivity index (χ3v) is 8.89. The highest BCUT2D eigenvalue weighted by atomic mass is 32.1. The smallest absolute Gasteiger partial charge is 0.274 e. The number of hydrogen-bond acceptors (Lipinski definition) is 9. The van der Waals surface area contributed by atoms with Crippen LogP contribution in [0.25, 0.3) is 0 Å². The van der Waals surface area contributed by atoms with E-state index in [1.54, 1.807) is 31.4 Å². The molecule has 0 saturated carbocycles. The summed E-state index contributed by atoms with van der Waals surface area (Å²) in [6, 6.07) is 17.0. The van der Waals surface area contributed by atoms with E-state index in [0.717, 1.165) is 5.56 Å². The van der Waals surface area contributed by atoms with Crippen molar-refractivity contribution >= 4 is 35.0 Å². The molecular weight excluding hydrogens is 632 g/mol. The summed E-state index contributed by atoms with van der Waals surface area (Å²) in [5.41, 5.74) is 1.22. The van der Waals surface area contributed by atoms with E-state index in [4.69, 9.17) is 9.15 Å². The quantitative estimate of drug-likeness (QED) is 0.261. The topological polar surface area (TPSA) is 156 Å². The highest BCUT2D eigenvalue weighted by Crippen LogP contribution is 2.25. The summed E-state index contributed by atoms with van der Waals surface area (Å²) in [6.07, 6.45) is 0.404. The van der Waals surface area contributed by atoms with Gasteiger partial charge in [0.05, 0.1) is 31.7 Å². The number of aryl methyl sites for hydroxylation is 1. The van der Waals surface area contributed by atoms with E-state index < -0.39 is 35.8 Å². The normalized spacial score (nSPS) is 19.1. The third kappa shape index (κ3) is 8.85. The molecule has 3 N–H and O–H groups in total. The number of fused-ring (bicyclic) bond motifs is 4. The Morgan fingerprint density at radius 1 is 1.00 bits per heavy atom. The minimum Gasteiger partial charge on any atom is -0.493 e. The number of nitrogens with one attached hydrogen (secondary N) is 3. The first-order chi connectivity index (χ1) is 23.1. The molecule has 13 heteroatoms. The lowest BCUT2D eigenvalue weighted by atomic mass is 10.0. The van der Waals surface area contributed by atoms with Crippen LogP contribution >= 0.6 is 11.3 Å². The third-order valence-electron chi connectivity index (χ3n) is 7.87. The van der Waals surface area contributed by atoms with Crippen LogP contribution in [-0.4, -0.2) is 64.2 Å². The van der Waals surface area contributed by atoms with Crippen LogP contribution < -0.4 is 20.7 Å². The number of aromatic nitrogens is 2. The Labute approximate surface area is 283 Å². The van der Waals surface area contributed by atoms with Gasteiger partial charge in [0.1, 0.15) is 28.3 Å². The van der Waals surface area contributed by atoms with E-state index in [1.165, 1.54) is 16.2 Å². The summed E-state index contributed by atoms with van der Waals surface area (Å²) in [6.45, 7) is 7.06. The molecule has 4 aromatic rings. The van der Waals surface area contributed by atoms with Crippen LogP contribution in [0.1, 0.15) is 82.5 Å². The number of rotatable bonds is 7. The largest absolute Gasteiger partial charge is 0.493 e. The van der Waals surface area contributed by atoms with Crippen LogP contribution in [0, 0.1) is 12.8 Å². The van der Waals surface area contributed by atoms with Crippen molar-refractivity contribution in [3.8, 4) is 5.75 Å². The number of benzene rings is 2. The van der Waals surface area contributed by atoms with Crippen LogP contribution in [0.2, 0.25) is 0 Å². The molecule has 2 aromatic heterocycles. The van der Waals surface area contributed by atoms with Crippen molar-refractivity contribution in [3.63, 3.8) is 0 Å². The zero-order valence-corrected chi connectivity index (χ0v) is 28.2. The molecule has 4 amide bonds. The molecule has 0 aliphatic carbocycles. The Kier molecular flexibility index (Phi) is 11.2. The average molecular weight is 673 g/mol. The van der Waals surface area contributed by atoms with Crippen molar-refractivity contribution in [2.24, 2.45) is 5.92 Å². The van der Waals surface area contributed by atoms with Gasteiger partial charge in [0, 0.05) is 11.9 Å². The van der Waals surface area contributed by atoms with Crippen molar-refractivity contribution in [1.29, 1.82) is 0 Å². The number of carbonyl (C=O) groups excluding carboxylic acids is 4. The molecular formula is C35H40N6O6S. The van der Waals surface area contributed by atoms with Crippen LogP contribution in [0.4, 0.5) is 0 Å². The number of nitrogens with zero attached hydrogens (tertiary/aromatic N) is 3. The lowest BCUT2D eigenvalue weighted by Gasteiger charge is -2.29. The van der Waals surface area contributed by atoms with Crippen molar-refractivity contribution in [2.45, 2.75) is 58.7 Å². The molecule has 0 fully saturated rings. The van der Waals surface area contributed by atoms with Gasteiger partial charge < -0.3 is 30.0 Å². The number of oxazole rings is 1. The molecule has 5 rings (SSSR count). The van der Waals surface area contributed by atoms with Gasteiger partial charge in [-0.3, -0.25) is 19.2 Å². The monoisotopic (exact) mass is 672 g/mol. The van der Waals surface area contributed by atoms with Crippen LogP contribution in [0.3, 0.4) is 0 Å². The van der Waals surface area contributed by atoms with Gasteiger partial charge in [0.25, 0.3) is 11.8 Å². The van der Waals surface area contributed by atoms with E-state index in [-0.39, 0.29) is 55.2 Å². The highest BCUT2D eigenvalue weighted by molar-refractivity contribution is 7.09. The van der Waals surface area contributed by atoms with Gasteiger partial charge in [-0.05, 0) is 43.9 Å². The van der Waals surface area contributed by atoms with Gasteiger partial charge in [0.2, 0.25) is 17.7 Å². The average Bonchev–Trinajstić information content (AvgIpc) is 3.71. The number of carbonyl (C=O) groups is 4. The summed E-state index contributed by atoms with van der Waals surface area (Å²) < 4.78 is 11.7. The lowest BCUT2D eigenvalue weighted by molar-refractivity contribution is -0.137. The van der Waals surface area contributed by atoms with Crippen LogP contribution in [-0.2, 0) is 16.0 Å². The molecule has 252 valence electrons. The maximum atomic E-state index is 13.7. The van der Waals surface area contributed by atoms with Gasteiger partial charge in [-0.2, -0.15) is 0 Å². The predicted octanol–water partition coefficient (Wildman–Crippen LogP) is 4.40. The molecule has 3 heterocycles. The van der Waals surface area contributed by atoms with Gasteiger partial charge >= 0.3 is 0 Å². The molecule has 4 bridgehead atoms. The molecule has 0 spiro atoms. The van der Waals surface area contributed by atoms with Crippen molar-refractivity contribution in [1.82, 2.24) is 30.8 Å². The van der Waals surface area contributed by atoms with Gasteiger partial charge in [-0.25, -0.2) is 9.97 Å². The highest BCUT2D eigenvalue weighted by Gasteiger charge is 2.30. The molecule has 48 heavy (non-hydrogen) atoms. The second-order valence-electron chi connectivity index (χ2n) is 12.1. The molecule has 0 unspecified atom stereocenters. The first-order valence-electron chi connectivity index (χ1n) is 15.9. The lowest BCUT2D eigenvalue weighted by Crippen LogP contribution is -2.50. The summed E-state index contributed by atoms with van der Waals surface area (Å²) in [5.74, 6) is -0.711. The Balaban J connectivity index is 1.47. The van der Waals surface area contributed by atoms with E-state index in [9.17, 15) is 19.2 Å². The number of amides is 4. The van der Waals surface area contributed by atoms with E-state index in [1.807, 2.05) is 62.4 Å². The zero-order valence-electron chi connectivity index (χ0n) is 27.4. The van der Waals surface area contributed by atoms with Crippen molar-refractivity contribution in [2.75, 3.05) is 19.7 Å². The Hall–Kier alpha value is -5.04. The van der Waals surface area contributed by atoms with E-state index in [2.05, 4.69) is 25.9 Å². The Morgan fingerprint density at radius 3 is 2.42 bits per heavy atom. The zero-order chi connectivity index (χ0) is 34.2. The van der Waals surface area contributed by atoms with Crippen molar-refractivity contribution < 1.29 is 28.3 Å². The molecule has 0 saturated heterocycles. The van der Waals surface area contributed by atoms with Gasteiger partial charge in [-0.1, -0.05) is 62.4 Å². The Bertz CT molecular complexity index is 1720.